The minimum absolute atomic E-state index is 0.0653. The molecule has 1 unspecified atom stereocenters. The minimum atomic E-state index is -3.46. The van der Waals surface area contributed by atoms with Crippen molar-refractivity contribution < 1.29 is 22.1 Å². The highest BCUT2D eigenvalue weighted by atomic mass is 32.2. The molecule has 0 aromatic carbocycles. The van der Waals surface area contributed by atoms with Crippen LogP contribution in [-0.4, -0.2) is 32.9 Å². The minimum Gasteiger partial charge on any atom is -0.458 e. The maximum Gasteiger partial charge on any atom is 0.311 e. The predicted molar refractivity (Wildman–Crippen MR) is 49.1 cm³/mol. The Bertz CT molecular complexity index is 324. The monoisotopic (exact) mass is 222 g/mol. The van der Waals surface area contributed by atoms with Crippen LogP contribution >= 0.6 is 0 Å². The van der Waals surface area contributed by atoms with Crippen LogP contribution in [0.15, 0.2) is 0 Å². The van der Waals surface area contributed by atoms with Gasteiger partial charge in [0.15, 0.2) is 0 Å². The Labute approximate surface area is 83.5 Å². The standard InChI is InChI=1S/C8H14O5S/c1-8(2,3)7(9)13-6-4-12-14(10,11)5-6/h6H,4-5H2,1-3H3. The van der Waals surface area contributed by atoms with E-state index in [0.717, 1.165) is 0 Å². The van der Waals surface area contributed by atoms with Crippen LogP contribution in [0.3, 0.4) is 0 Å². The molecule has 1 heterocycles. The summed E-state index contributed by atoms with van der Waals surface area (Å²) >= 11 is 0. The zero-order valence-corrected chi connectivity index (χ0v) is 9.26. The van der Waals surface area contributed by atoms with Crippen molar-refractivity contribution in [1.29, 1.82) is 0 Å². The van der Waals surface area contributed by atoms with Crippen LogP contribution in [0.1, 0.15) is 20.8 Å². The normalized spacial score (nSPS) is 26.1. The van der Waals surface area contributed by atoms with E-state index in [4.69, 9.17) is 4.74 Å². The van der Waals surface area contributed by atoms with Gasteiger partial charge in [0.05, 0.1) is 5.41 Å². The van der Waals surface area contributed by atoms with E-state index < -0.39 is 27.6 Å². The molecular weight excluding hydrogens is 208 g/mol. The van der Waals surface area contributed by atoms with Crippen molar-refractivity contribution in [3.8, 4) is 0 Å². The number of ether oxygens (including phenoxy) is 1. The molecule has 0 saturated carbocycles. The zero-order chi connectivity index (χ0) is 11.0. The molecule has 0 N–H and O–H groups in total. The Morgan fingerprint density at radius 2 is 2.00 bits per heavy atom. The van der Waals surface area contributed by atoms with Gasteiger partial charge in [-0.3, -0.25) is 8.98 Å². The van der Waals surface area contributed by atoms with E-state index >= 15 is 0 Å². The summed E-state index contributed by atoms with van der Waals surface area (Å²) in [6, 6.07) is 0. The summed E-state index contributed by atoms with van der Waals surface area (Å²) in [4.78, 5) is 11.4. The smallest absolute Gasteiger partial charge is 0.311 e. The second-order valence-electron chi connectivity index (χ2n) is 4.29. The van der Waals surface area contributed by atoms with Crippen molar-refractivity contribution in [1.82, 2.24) is 0 Å². The molecule has 5 nitrogen and oxygen atoms in total. The molecule has 0 aliphatic carbocycles. The SMILES string of the molecule is CC(C)(C)C(=O)OC1COS(=O)(=O)C1. The van der Waals surface area contributed by atoms with Crippen molar-refractivity contribution >= 4 is 16.1 Å². The number of rotatable bonds is 1. The topological polar surface area (TPSA) is 69.7 Å². The van der Waals surface area contributed by atoms with Crippen molar-refractivity contribution in [3.63, 3.8) is 0 Å². The van der Waals surface area contributed by atoms with E-state index in [1.165, 1.54) is 0 Å². The lowest BCUT2D eigenvalue weighted by Crippen LogP contribution is -2.30. The molecule has 1 aliphatic heterocycles. The molecular formula is C8H14O5S. The second kappa shape index (κ2) is 3.51. The van der Waals surface area contributed by atoms with E-state index in [-0.39, 0.29) is 12.4 Å². The van der Waals surface area contributed by atoms with E-state index in [1.807, 2.05) is 0 Å². The van der Waals surface area contributed by atoms with Crippen LogP contribution in [-0.2, 0) is 23.8 Å². The molecule has 0 radical (unpaired) electrons. The molecule has 6 heteroatoms. The number of carbonyl (C=O) groups is 1. The van der Waals surface area contributed by atoms with Crippen molar-refractivity contribution in [2.75, 3.05) is 12.4 Å². The lowest BCUT2D eigenvalue weighted by Gasteiger charge is -2.18. The highest BCUT2D eigenvalue weighted by Crippen LogP contribution is 2.19. The van der Waals surface area contributed by atoms with Gasteiger partial charge in [-0.25, -0.2) is 0 Å². The molecule has 0 aromatic rings. The third-order valence-electron chi connectivity index (χ3n) is 1.71. The molecule has 1 atom stereocenters. The Morgan fingerprint density at radius 1 is 1.43 bits per heavy atom. The summed E-state index contributed by atoms with van der Waals surface area (Å²) in [5.74, 6) is -0.655. The van der Waals surface area contributed by atoms with E-state index in [9.17, 15) is 13.2 Å². The van der Waals surface area contributed by atoms with Crippen molar-refractivity contribution in [2.24, 2.45) is 5.41 Å². The summed E-state index contributed by atoms with van der Waals surface area (Å²) in [6.07, 6.45) is -0.660. The van der Waals surface area contributed by atoms with Gasteiger partial charge in [0.1, 0.15) is 18.5 Å². The lowest BCUT2D eigenvalue weighted by molar-refractivity contribution is -0.157. The summed E-state index contributed by atoms with van der Waals surface area (Å²) in [6.45, 7) is 5.06. The van der Waals surface area contributed by atoms with Crippen LogP contribution in [0.25, 0.3) is 0 Å². The van der Waals surface area contributed by atoms with Gasteiger partial charge in [-0.15, -0.1) is 0 Å². The van der Waals surface area contributed by atoms with Crippen LogP contribution in [0, 0.1) is 5.41 Å². The summed E-state index contributed by atoms with van der Waals surface area (Å²) in [5, 5.41) is 0. The molecule has 0 spiro atoms. The largest absolute Gasteiger partial charge is 0.458 e. The third-order valence-corrected chi connectivity index (χ3v) is 2.98. The molecule has 14 heavy (non-hydrogen) atoms. The Balaban J connectivity index is 2.53. The van der Waals surface area contributed by atoms with E-state index in [1.54, 1.807) is 20.8 Å². The highest BCUT2D eigenvalue weighted by Gasteiger charge is 2.34. The van der Waals surface area contributed by atoms with Crippen LogP contribution in [0.4, 0.5) is 0 Å². The molecule has 0 amide bonds. The van der Waals surface area contributed by atoms with Crippen molar-refractivity contribution in [2.45, 2.75) is 26.9 Å². The first-order valence-electron chi connectivity index (χ1n) is 4.29. The first kappa shape index (κ1) is 11.5. The first-order valence-corrected chi connectivity index (χ1v) is 5.87. The molecule has 82 valence electrons. The van der Waals surface area contributed by atoms with Gasteiger partial charge < -0.3 is 4.74 Å². The summed E-state index contributed by atoms with van der Waals surface area (Å²) in [7, 11) is -3.46. The molecule has 1 aliphatic rings. The molecule has 1 rings (SSSR count). The average Bonchev–Trinajstić information content (AvgIpc) is 2.28. The van der Waals surface area contributed by atoms with E-state index in [2.05, 4.69) is 4.18 Å². The summed E-state index contributed by atoms with van der Waals surface area (Å²) < 4.78 is 31.1. The average molecular weight is 222 g/mol. The molecule has 0 bridgehead atoms. The molecule has 1 saturated heterocycles. The Kier molecular flexibility index (Phi) is 2.87. The fourth-order valence-corrected chi connectivity index (χ4v) is 1.97. The highest BCUT2D eigenvalue weighted by molar-refractivity contribution is 7.87. The van der Waals surface area contributed by atoms with Gasteiger partial charge in [-0.1, -0.05) is 0 Å². The van der Waals surface area contributed by atoms with Gasteiger partial charge in [0.2, 0.25) is 0 Å². The number of hydrogen-bond acceptors (Lipinski definition) is 5. The van der Waals surface area contributed by atoms with Gasteiger partial charge in [0, 0.05) is 0 Å². The maximum atomic E-state index is 11.4. The zero-order valence-electron chi connectivity index (χ0n) is 8.44. The fourth-order valence-electron chi connectivity index (χ4n) is 0.900. The van der Waals surface area contributed by atoms with Gasteiger partial charge in [-0.2, -0.15) is 8.42 Å². The van der Waals surface area contributed by atoms with Crippen molar-refractivity contribution in [3.05, 3.63) is 0 Å². The van der Waals surface area contributed by atoms with E-state index in [0.29, 0.717) is 0 Å². The predicted octanol–water partition coefficient (Wildman–Crippen LogP) is 0.304. The lowest BCUT2D eigenvalue weighted by atomic mass is 9.97. The maximum absolute atomic E-state index is 11.4. The quantitative estimate of drug-likeness (QED) is 0.471. The second-order valence-corrected chi connectivity index (χ2v) is 5.97. The number of esters is 1. The molecule has 0 aromatic heterocycles. The summed E-state index contributed by atoms with van der Waals surface area (Å²) in [5.41, 5.74) is -0.619. The Morgan fingerprint density at radius 3 is 2.36 bits per heavy atom. The third kappa shape index (κ3) is 2.95. The van der Waals surface area contributed by atoms with Crippen LogP contribution in [0.5, 0.6) is 0 Å². The first-order chi connectivity index (χ1) is 6.21. The molecule has 1 fully saturated rings. The van der Waals surface area contributed by atoms with Gasteiger partial charge >= 0.3 is 5.97 Å². The van der Waals surface area contributed by atoms with Gasteiger partial charge in [0.25, 0.3) is 10.1 Å². The van der Waals surface area contributed by atoms with Crippen LogP contribution < -0.4 is 0 Å². The number of hydrogen-bond donors (Lipinski definition) is 0. The number of carbonyl (C=O) groups excluding carboxylic acids is 1. The fraction of sp³-hybridized carbons (Fsp3) is 0.875. The van der Waals surface area contributed by atoms with Gasteiger partial charge in [-0.05, 0) is 20.8 Å². The van der Waals surface area contributed by atoms with Crippen LogP contribution in [0.2, 0.25) is 0 Å². The Hall–Kier alpha value is -0.620.